The van der Waals surface area contributed by atoms with Crippen LogP contribution in [-0.4, -0.2) is 34.4 Å². The van der Waals surface area contributed by atoms with Gasteiger partial charge in [-0.1, -0.05) is 11.2 Å². The molecule has 1 aromatic carbocycles. The zero-order valence-corrected chi connectivity index (χ0v) is 15.2. The van der Waals surface area contributed by atoms with Crippen molar-refractivity contribution in [2.24, 2.45) is 5.92 Å². The minimum absolute atomic E-state index is 0.0433. The fourth-order valence-corrected chi connectivity index (χ4v) is 3.47. The molecule has 4 rings (SSSR count). The molecule has 10 heteroatoms. The van der Waals surface area contributed by atoms with Crippen molar-refractivity contribution in [3.63, 3.8) is 0 Å². The number of aromatic nitrogens is 3. The van der Waals surface area contributed by atoms with E-state index in [4.69, 9.17) is 4.74 Å². The lowest BCUT2D eigenvalue weighted by molar-refractivity contribution is 0.0248. The molecule has 0 bridgehead atoms. The van der Waals surface area contributed by atoms with Crippen LogP contribution in [0.25, 0.3) is 11.4 Å². The van der Waals surface area contributed by atoms with Gasteiger partial charge in [0.15, 0.2) is 17.5 Å². The predicted molar refractivity (Wildman–Crippen MR) is 98.2 cm³/mol. The summed E-state index contributed by atoms with van der Waals surface area (Å²) in [6, 6.07) is 6.86. The van der Waals surface area contributed by atoms with Gasteiger partial charge >= 0.3 is 5.76 Å². The number of benzene rings is 1. The smallest absolute Gasteiger partial charge is 0.372 e. The first-order valence-electron chi connectivity index (χ1n) is 9.06. The van der Waals surface area contributed by atoms with Crippen LogP contribution in [0.15, 0.2) is 50.6 Å². The van der Waals surface area contributed by atoms with E-state index in [0.29, 0.717) is 25.3 Å². The first-order valence-corrected chi connectivity index (χ1v) is 9.06. The number of pyridine rings is 1. The van der Waals surface area contributed by atoms with Crippen molar-refractivity contribution in [2.45, 2.75) is 12.6 Å². The zero-order chi connectivity index (χ0) is 20.4. The quantitative estimate of drug-likeness (QED) is 0.683. The van der Waals surface area contributed by atoms with Crippen molar-refractivity contribution in [2.75, 3.05) is 19.7 Å². The third-order valence-corrected chi connectivity index (χ3v) is 4.83. The second-order valence-electron chi connectivity index (χ2n) is 6.75. The van der Waals surface area contributed by atoms with Crippen LogP contribution in [0.3, 0.4) is 0 Å². The summed E-state index contributed by atoms with van der Waals surface area (Å²) in [4.78, 5) is 26.4. The van der Waals surface area contributed by atoms with Crippen LogP contribution < -0.4 is 16.6 Å². The Bertz CT molecular complexity index is 1120. The molecule has 152 valence electrons. The maximum Gasteiger partial charge on any atom is 0.439 e. The molecule has 1 saturated heterocycles. The predicted octanol–water partition coefficient (Wildman–Crippen LogP) is 1.45. The molecule has 1 fully saturated rings. The van der Waals surface area contributed by atoms with Crippen molar-refractivity contribution < 1.29 is 18.0 Å². The van der Waals surface area contributed by atoms with Gasteiger partial charge in [0.25, 0.3) is 5.56 Å². The van der Waals surface area contributed by atoms with Gasteiger partial charge in [-0.25, -0.2) is 13.6 Å². The molecule has 8 nitrogen and oxygen atoms in total. The summed E-state index contributed by atoms with van der Waals surface area (Å²) in [6.07, 6.45) is 1.08. The first kappa shape index (κ1) is 19.2. The van der Waals surface area contributed by atoms with Gasteiger partial charge in [-0.15, -0.1) is 0 Å². The Morgan fingerprint density at radius 2 is 2.07 bits per heavy atom. The lowest BCUT2D eigenvalue weighted by atomic mass is 9.95. The molecule has 2 N–H and O–H groups in total. The summed E-state index contributed by atoms with van der Waals surface area (Å²) >= 11 is 0. The largest absolute Gasteiger partial charge is 0.439 e. The molecule has 0 amide bonds. The number of nitrogens with zero attached hydrogens (tertiary/aromatic N) is 2. The summed E-state index contributed by atoms with van der Waals surface area (Å²) < 4.78 is 38.9. The fraction of sp³-hybridized carbons (Fsp3) is 0.316. The zero-order valence-electron chi connectivity index (χ0n) is 15.2. The first-order chi connectivity index (χ1) is 14.0. The highest BCUT2D eigenvalue weighted by molar-refractivity contribution is 5.51. The van der Waals surface area contributed by atoms with Crippen molar-refractivity contribution in [1.29, 1.82) is 0 Å². The number of hydrogen-bond donors (Lipinski definition) is 2. The second kappa shape index (κ2) is 8.10. The number of H-pyrrole nitrogens is 1. The van der Waals surface area contributed by atoms with E-state index < -0.39 is 23.5 Å². The molecule has 1 aliphatic heterocycles. The summed E-state index contributed by atoms with van der Waals surface area (Å²) in [5, 5.41) is 6.79. The van der Waals surface area contributed by atoms with Crippen LogP contribution in [0, 0.1) is 17.6 Å². The highest BCUT2D eigenvalue weighted by Crippen LogP contribution is 2.29. The number of ether oxygens (including phenoxy) is 1. The summed E-state index contributed by atoms with van der Waals surface area (Å²) in [5.74, 6) is -2.82. The van der Waals surface area contributed by atoms with Gasteiger partial charge in [-0.3, -0.25) is 14.3 Å². The Balaban J connectivity index is 1.66. The normalized spacial score (nSPS) is 19.8. The van der Waals surface area contributed by atoms with E-state index in [9.17, 15) is 18.4 Å². The van der Waals surface area contributed by atoms with Gasteiger partial charge in [0.05, 0.1) is 18.3 Å². The Kier molecular flexibility index (Phi) is 5.36. The molecule has 0 saturated carbocycles. The van der Waals surface area contributed by atoms with E-state index in [1.54, 1.807) is 12.3 Å². The van der Waals surface area contributed by atoms with Crippen LogP contribution >= 0.6 is 0 Å². The fourth-order valence-electron chi connectivity index (χ4n) is 3.47. The molecule has 0 radical (unpaired) electrons. The molecule has 2 atom stereocenters. The SMILES string of the molecule is O=c1[nH]c(-c2cccn(C[C@@H]3CNCCO[C@H]3c3ccc(F)c(F)c3)c2=O)no1. The summed E-state index contributed by atoms with van der Waals surface area (Å²) in [6.45, 7) is 1.77. The minimum Gasteiger partial charge on any atom is -0.372 e. The van der Waals surface area contributed by atoms with Gasteiger partial charge in [0.1, 0.15) is 0 Å². The Labute approximate surface area is 163 Å². The van der Waals surface area contributed by atoms with Gasteiger partial charge < -0.3 is 14.6 Å². The van der Waals surface area contributed by atoms with Gasteiger partial charge in [0, 0.05) is 31.7 Å². The van der Waals surface area contributed by atoms with Crippen LogP contribution in [0.4, 0.5) is 8.78 Å². The maximum atomic E-state index is 13.8. The van der Waals surface area contributed by atoms with Crippen molar-refractivity contribution >= 4 is 0 Å². The van der Waals surface area contributed by atoms with Crippen LogP contribution in [-0.2, 0) is 11.3 Å². The van der Waals surface area contributed by atoms with E-state index in [0.717, 1.165) is 12.1 Å². The van der Waals surface area contributed by atoms with Crippen LogP contribution in [0.1, 0.15) is 11.7 Å². The average Bonchev–Trinajstić information content (AvgIpc) is 3.00. The van der Waals surface area contributed by atoms with E-state index >= 15 is 0 Å². The van der Waals surface area contributed by atoms with Crippen LogP contribution in [0.2, 0.25) is 0 Å². The van der Waals surface area contributed by atoms with E-state index in [1.807, 2.05) is 0 Å². The monoisotopic (exact) mass is 404 g/mol. The minimum atomic E-state index is -0.948. The Morgan fingerprint density at radius 3 is 2.83 bits per heavy atom. The molecule has 3 heterocycles. The average molecular weight is 404 g/mol. The summed E-state index contributed by atoms with van der Waals surface area (Å²) in [5.41, 5.74) is 0.318. The molecular formula is C19H18F2N4O4. The molecule has 1 aliphatic rings. The van der Waals surface area contributed by atoms with Crippen molar-refractivity contribution in [3.8, 4) is 11.4 Å². The third kappa shape index (κ3) is 4.03. The number of nitrogens with one attached hydrogen (secondary N) is 2. The number of hydrogen-bond acceptors (Lipinski definition) is 6. The van der Waals surface area contributed by atoms with Crippen molar-refractivity contribution in [1.82, 2.24) is 20.0 Å². The van der Waals surface area contributed by atoms with Crippen LogP contribution in [0.5, 0.6) is 0 Å². The number of halogens is 2. The second-order valence-corrected chi connectivity index (χ2v) is 6.75. The van der Waals surface area contributed by atoms with Gasteiger partial charge in [-0.2, -0.15) is 0 Å². The molecule has 2 aromatic heterocycles. The van der Waals surface area contributed by atoms with E-state index in [2.05, 4.69) is 20.0 Å². The molecule has 29 heavy (non-hydrogen) atoms. The number of aromatic amines is 1. The molecule has 0 aliphatic carbocycles. The summed E-state index contributed by atoms with van der Waals surface area (Å²) in [7, 11) is 0. The Hall–Kier alpha value is -3.11. The molecule has 0 spiro atoms. The van der Waals surface area contributed by atoms with E-state index in [1.165, 1.54) is 16.7 Å². The van der Waals surface area contributed by atoms with Crippen molar-refractivity contribution in [3.05, 3.63) is 74.6 Å². The standard InChI is InChI=1S/C19H18F2N4O4/c20-14-4-3-11(8-15(14)21)16-12(9-22-5-7-28-16)10-25-6-1-2-13(18(25)26)17-23-19(27)29-24-17/h1-4,6,8,12,16,22H,5,7,9-10H2,(H,23,24,27)/t12-,16-/m0/s1. The lowest BCUT2D eigenvalue weighted by Gasteiger charge is -2.26. The maximum absolute atomic E-state index is 13.8. The number of rotatable bonds is 4. The lowest BCUT2D eigenvalue weighted by Crippen LogP contribution is -2.32. The van der Waals surface area contributed by atoms with Gasteiger partial charge in [-0.05, 0) is 29.8 Å². The van der Waals surface area contributed by atoms with E-state index in [-0.39, 0.29) is 29.4 Å². The highest BCUT2D eigenvalue weighted by atomic mass is 19.2. The molecule has 3 aromatic rings. The molecular weight excluding hydrogens is 386 g/mol. The molecule has 0 unspecified atom stereocenters. The third-order valence-electron chi connectivity index (χ3n) is 4.83. The highest BCUT2D eigenvalue weighted by Gasteiger charge is 2.28. The Morgan fingerprint density at radius 1 is 1.21 bits per heavy atom. The topological polar surface area (TPSA) is 102 Å². The van der Waals surface area contributed by atoms with Gasteiger partial charge in [0.2, 0.25) is 0 Å².